The summed E-state index contributed by atoms with van der Waals surface area (Å²) in [6, 6.07) is 9.82. The van der Waals surface area contributed by atoms with Crippen LogP contribution in [0.4, 0.5) is 5.82 Å². The quantitative estimate of drug-likeness (QED) is 0.845. The number of aliphatic hydroxyl groups is 1. The lowest BCUT2D eigenvalue weighted by atomic mass is 9.92. The fraction of sp³-hybridized carbons (Fsp3) is 0.412. The van der Waals surface area contributed by atoms with Crippen molar-refractivity contribution in [1.29, 1.82) is 0 Å². The van der Waals surface area contributed by atoms with E-state index in [1.165, 1.54) is 5.56 Å². The first-order chi connectivity index (χ1) is 11.3. The van der Waals surface area contributed by atoms with E-state index in [0.717, 1.165) is 30.0 Å². The third-order valence-electron chi connectivity index (χ3n) is 3.89. The molecule has 23 heavy (non-hydrogen) atoms. The Bertz CT molecular complexity index is 646. The Labute approximate surface area is 135 Å². The van der Waals surface area contributed by atoms with E-state index in [4.69, 9.17) is 14.6 Å². The minimum atomic E-state index is 0.0764. The number of aliphatic hydroxyl groups excluding tert-OH is 1. The van der Waals surface area contributed by atoms with Crippen LogP contribution in [-0.4, -0.2) is 42.2 Å². The van der Waals surface area contributed by atoms with Gasteiger partial charge >= 0.3 is 0 Å². The van der Waals surface area contributed by atoms with E-state index in [1.54, 1.807) is 7.11 Å². The largest absolute Gasteiger partial charge is 0.497 e. The van der Waals surface area contributed by atoms with Crippen LogP contribution in [0.5, 0.6) is 11.5 Å². The molecular weight excluding hydrogens is 294 g/mol. The van der Waals surface area contributed by atoms with Crippen molar-refractivity contribution < 1.29 is 14.6 Å². The second kappa shape index (κ2) is 7.28. The molecule has 1 aromatic carbocycles. The summed E-state index contributed by atoms with van der Waals surface area (Å²) in [5, 5.41) is 20.1. The van der Waals surface area contributed by atoms with Crippen molar-refractivity contribution in [2.75, 3.05) is 32.2 Å². The molecule has 0 spiro atoms. The first-order valence-electron chi connectivity index (χ1n) is 7.75. The number of aromatic nitrogens is 2. The number of hydrogen-bond donors (Lipinski definition) is 2. The maximum Gasteiger partial charge on any atom is 0.148 e. The highest BCUT2D eigenvalue weighted by Gasteiger charge is 2.21. The summed E-state index contributed by atoms with van der Waals surface area (Å²) in [6.07, 6.45) is 1.80. The van der Waals surface area contributed by atoms with Gasteiger partial charge in [0.2, 0.25) is 0 Å². The van der Waals surface area contributed by atoms with E-state index < -0.39 is 0 Å². The number of benzene rings is 1. The molecule has 6 nitrogen and oxygen atoms in total. The molecule has 122 valence electrons. The molecule has 0 saturated carbocycles. The molecule has 0 radical (unpaired) electrons. The lowest BCUT2D eigenvalue weighted by Crippen LogP contribution is -2.23. The predicted molar refractivity (Wildman–Crippen MR) is 87.0 cm³/mol. The van der Waals surface area contributed by atoms with Crippen LogP contribution in [0.15, 0.2) is 30.3 Å². The average Bonchev–Trinajstić information content (AvgIpc) is 2.60. The highest BCUT2D eigenvalue weighted by molar-refractivity contribution is 5.42. The van der Waals surface area contributed by atoms with Crippen molar-refractivity contribution in [2.24, 2.45) is 5.92 Å². The fourth-order valence-electron chi connectivity index (χ4n) is 2.72. The molecule has 1 atom stereocenters. The molecule has 0 amide bonds. The van der Waals surface area contributed by atoms with E-state index in [0.29, 0.717) is 24.9 Å². The number of methoxy groups -OCH3 is 1. The Kier molecular flexibility index (Phi) is 4.92. The van der Waals surface area contributed by atoms with Crippen LogP contribution in [0.25, 0.3) is 0 Å². The molecule has 0 aliphatic carbocycles. The Morgan fingerprint density at radius 2 is 2.22 bits per heavy atom. The van der Waals surface area contributed by atoms with E-state index in [-0.39, 0.29) is 6.61 Å². The average molecular weight is 315 g/mol. The van der Waals surface area contributed by atoms with Crippen LogP contribution in [0.2, 0.25) is 0 Å². The SMILES string of the molecule is COc1ccc2c(c1)OC[C@@H](Cc1ccc(NCCO)nn1)C2. The van der Waals surface area contributed by atoms with Crippen LogP contribution in [0.1, 0.15) is 11.3 Å². The molecule has 0 saturated heterocycles. The highest BCUT2D eigenvalue weighted by Crippen LogP contribution is 2.31. The molecule has 0 unspecified atom stereocenters. The topological polar surface area (TPSA) is 76.5 Å². The summed E-state index contributed by atoms with van der Waals surface area (Å²) in [6.45, 7) is 1.23. The Hall–Kier alpha value is -2.34. The first kappa shape index (κ1) is 15.6. The number of hydrogen-bond acceptors (Lipinski definition) is 6. The van der Waals surface area contributed by atoms with E-state index in [1.807, 2.05) is 24.3 Å². The smallest absolute Gasteiger partial charge is 0.148 e. The van der Waals surface area contributed by atoms with Gasteiger partial charge in [-0.1, -0.05) is 6.07 Å². The number of anilines is 1. The molecular formula is C17H21N3O3. The summed E-state index contributed by atoms with van der Waals surface area (Å²) >= 11 is 0. The first-order valence-corrected chi connectivity index (χ1v) is 7.75. The van der Waals surface area contributed by atoms with Crippen molar-refractivity contribution in [3.05, 3.63) is 41.6 Å². The van der Waals surface area contributed by atoms with Gasteiger partial charge in [-0.25, -0.2) is 0 Å². The second-order valence-corrected chi connectivity index (χ2v) is 5.62. The molecule has 2 aromatic rings. The van der Waals surface area contributed by atoms with Crippen LogP contribution in [-0.2, 0) is 12.8 Å². The Balaban J connectivity index is 1.60. The van der Waals surface area contributed by atoms with Crippen molar-refractivity contribution in [2.45, 2.75) is 12.8 Å². The van der Waals surface area contributed by atoms with E-state index in [9.17, 15) is 0 Å². The summed E-state index contributed by atoms with van der Waals surface area (Å²) < 4.78 is 11.1. The van der Waals surface area contributed by atoms with Gasteiger partial charge in [0.05, 0.1) is 26.0 Å². The summed E-state index contributed by atoms with van der Waals surface area (Å²) in [7, 11) is 1.66. The van der Waals surface area contributed by atoms with Crippen molar-refractivity contribution in [1.82, 2.24) is 10.2 Å². The van der Waals surface area contributed by atoms with Crippen molar-refractivity contribution in [3.8, 4) is 11.5 Å². The third-order valence-corrected chi connectivity index (χ3v) is 3.89. The number of nitrogens with one attached hydrogen (secondary N) is 1. The summed E-state index contributed by atoms with van der Waals surface area (Å²) in [5.74, 6) is 2.80. The fourth-order valence-corrected chi connectivity index (χ4v) is 2.72. The maximum atomic E-state index is 8.78. The van der Waals surface area contributed by atoms with E-state index >= 15 is 0 Å². The molecule has 0 fully saturated rings. The predicted octanol–water partition coefficient (Wildman–Crippen LogP) is 1.68. The Morgan fingerprint density at radius 1 is 1.30 bits per heavy atom. The van der Waals surface area contributed by atoms with Crippen molar-refractivity contribution in [3.63, 3.8) is 0 Å². The van der Waals surface area contributed by atoms with Crippen LogP contribution < -0.4 is 14.8 Å². The summed E-state index contributed by atoms with van der Waals surface area (Å²) in [4.78, 5) is 0. The number of rotatable bonds is 6. The standard InChI is InChI=1S/C17H21N3O3/c1-22-15-4-2-13-8-12(11-23-16(13)10-15)9-14-3-5-17(20-19-14)18-6-7-21/h2-5,10,12,21H,6-9,11H2,1H3,(H,18,20)/t12-/m1/s1. The summed E-state index contributed by atoms with van der Waals surface area (Å²) in [5.41, 5.74) is 2.15. The van der Waals surface area contributed by atoms with Gasteiger partial charge in [-0.15, -0.1) is 5.10 Å². The molecule has 3 rings (SSSR count). The number of nitrogens with zero attached hydrogens (tertiary/aromatic N) is 2. The van der Waals surface area contributed by atoms with Gasteiger partial charge in [0.25, 0.3) is 0 Å². The molecule has 1 aromatic heterocycles. The van der Waals surface area contributed by atoms with Gasteiger partial charge < -0.3 is 19.9 Å². The molecule has 6 heteroatoms. The zero-order chi connectivity index (χ0) is 16.1. The van der Waals surface area contributed by atoms with Gasteiger partial charge in [0, 0.05) is 18.5 Å². The molecule has 0 bridgehead atoms. The number of ether oxygens (including phenoxy) is 2. The van der Waals surface area contributed by atoms with Crippen LogP contribution in [0, 0.1) is 5.92 Å². The van der Waals surface area contributed by atoms with Gasteiger partial charge in [0.1, 0.15) is 17.3 Å². The zero-order valence-corrected chi connectivity index (χ0v) is 13.2. The lowest BCUT2D eigenvalue weighted by Gasteiger charge is -2.25. The van der Waals surface area contributed by atoms with Crippen LogP contribution >= 0.6 is 0 Å². The number of fused-ring (bicyclic) bond motifs is 1. The second-order valence-electron chi connectivity index (χ2n) is 5.62. The highest BCUT2D eigenvalue weighted by atomic mass is 16.5. The molecule has 2 N–H and O–H groups in total. The normalized spacial score (nSPS) is 16.3. The minimum absolute atomic E-state index is 0.0764. The van der Waals surface area contributed by atoms with E-state index in [2.05, 4.69) is 21.6 Å². The lowest BCUT2D eigenvalue weighted by molar-refractivity contribution is 0.219. The molecule has 2 heterocycles. The Morgan fingerprint density at radius 3 is 2.96 bits per heavy atom. The van der Waals surface area contributed by atoms with Crippen molar-refractivity contribution >= 4 is 5.82 Å². The monoisotopic (exact) mass is 315 g/mol. The van der Waals surface area contributed by atoms with Crippen LogP contribution in [0.3, 0.4) is 0 Å². The molecule has 1 aliphatic heterocycles. The zero-order valence-electron chi connectivity index (χ0n) is 13.2. The van der Waals surface area contributed by atoms with Gasteiger partial charge in [0.15, 0.2) is 0 Å². The third kappa shape index (κ3) is 3.90. The van der Waals surface area contributed by atoms with Gasteiger partial charge in [-0.3, -0.25) is 0 Å². The van der Waals surface area contributed by atoms with Gasteiger partial charge in [-0.05, 0) is 36.6 Å². The molecule has 1 aliphatic rings. The maximum absolute atomic E-state index is 8.78. The van der Waals surface area contributed by atoms with Gasteiger partial charge in [-0.2, -0.15) is 5.10 Å². The minimum Gasteiger partial charge on any atom is -0.497 e.